The van der Waals surface area contributed by atoms with Crippen molar-refractivity contribution in [2.24, 2.45) is 0 Å². The molecule has 0 saturated carbocycles. The van der Waals surface area contributed by atoms with E-state index >= 15 is 0 Å². The van der Waals surface area contributed by atoms with Gasteiger partial charge in [0.2, 0.25) is 0 Å². The largest absolute Gasteiger partial charge is 0.462 e. The summed E-state index contributed by atoms with van der Waals surface area (Å²) in [6.45, 7) is 19.2. The van der Waals surface area contributed by atoms with Gasteiger partial charge >= 0.3 is 11.9 Å². The molecule has 0 heterocycles. The van der Waals surface area contributed by atoms with E-state index in [2.05, 4.69) is 53.3 Å². The fourth-order valence-corrected chi connectivity index (χ4v) is 2.16. The predicted octanol–water partition coefficient (Wildman–Crippen LogP) is 6.48. The molecule has 0 spiro atoms. The van der Waals surface area contributed by atoms with Crippen LogP contribution in [0.15, 0.2) is 47.6 Å². The van der Waals surface area contributed by atoms with Crippen LogP contribution in [0, 0.1) is 0 Å². The zero-order chi connectivity index (χ0) is 22.2. The maximum absolute atomic E-state index is 10.8. The van der Waals surface area contributed by atoms with Gasteiger partial charge in [-0.1, -0.05) is 35.5 Å². The van der Waals surface area contributed by atoms with Gasteiger partial charge in [0.25, 0.3) is 0 Å². The quantitative estimate of drug-likeness (QED) is 0.315. The molecule has 0 aromatic rings. The van der Waals surface area contributed by atoms with Gasteiger partial charge < -0.3 is 9.47 Å². The van der Waals surface area contributed by atoms with E-state index in [4.69, 9.17) is 9.47 Å². The van der Waals surface area contributed by atoms with E-state index < -0.39 is 5.60 Å². The van der Waals surface area contributed by atoms with Gasteiger partial charge in [0, 0.05) is 13.8 Å². The Morgan fingerprint density at radius 2 is 1.39 bits per heavy atom. The number of carbonyl (C=O) groups is 2. The lowest BCUT2D eigenvalue weighted by atomic mass is 9.99. The molecule has 0 N–H and O–H groups in total. The Morgan fingerprint density at radius 1 is 0.857 bits per heavy atom. The van der Waals surface area contributed by atoms with Crippen LogP contribution in [0.1, 0.15) is 81.1 Å². The summed E-state index contributed by atoms with van der Waals surface area (Å²) in [5.74, 6) is -0.483. The zero-order valence-corrected chi connectivity index (χ0v) is 19.2. The SMILES string of the molecule is C=CC(C)(CCC=C(C)C)OC(C)=O.CC(=O)OC/C=C(\C)CCC=C(C)C. The topological polar surface area (TPSA) is 52.6 Å². The Kier molecular flexibility index (Phi) is 16.0. The van der Waals surface area contributed by atoms with Gasteiger partial charge in [-0.2, -0.15) is 0 Å². The first-order valence-corrected chi connectivity index (χ1v) is 9.80. The third-order valence-electron chi connectivity index (χ3n) is 3.81. The second-order valence-electron chi connectivity index (χ2n) is 7.60. The average molecular weight is 393 g/mol. The van der Waals surface area contributed by atoms with Crippen molar-refractivity contribution in [2.45, 2.75) is 86.7 Å². The number of rotatable bonds is 10. The third kappa shape index (κ3) is 20.2. The molecule has 160 valence electrons. The molecule has 0 rings (SSSR count). The number of allylic oxidation sites excluding steroid dienone is 5. The van der Waals surface area contributed by atoms with Gasteiger partial charge in [-0.05, 0) is 79.4 Å². The van der Waals surface area contributed by atoms with Crippen LogP contribution in [0.2, 0.25) is 0 Å². The minimum absolute atomic E-state index is 0.224. The number of esters is 2. The molecule has 4 heteroatoms. The Labute approximate surface area is 172 Å². The van der Waals surface area contributed by atoms with Gasteiger partial charge in [0.05, 0.1) is 0 Å². The summed E-state index contributed by atoms with van der Waals surface area (Å²) >= 11 is 0. The smallest absolute Gasteiger partial charge is 0.303 e. The Morgan fingerprint density at radius 3 is 1.82 bits per heavy atom. The molecule has 0 aliphatic carbocycles. The van der Waals surface area contributed by atoms with Crippen LogP contribution >= 0.6 is 0 Å². The van der Waals surface area contributed by atoms with Crippen molar-refractivity contribution in [2.75, 3.05) is 6.61 Å². The molecule has 28 heavy (non-hydrogen) atoms. The fraction of sp³-hybridized carbons (Fsp3) is 0.583. The highest BCUT2D eigenvalue weighted by molar-refractivity contribution is 5.66. The molecule has 1 atom stereocenters. The first-order valence-electron chi connectivity index (χ1n) is 9.80. The number of carbonyl (C=O) groups excluding carboxylic acids is 2. The van der Waals surface area contributed by atoms with Gasteiger partial charge in [-0.15, -0.1) is 0 Å². The molecule has 0 amide bonds. The highest BCUT2D eigenvalue weighted by Gasteiger charge is 2.22. The monoisotopic (exact) mass is 392 g/mol. The van der Waals surface area contributed by atoms with E-state index in [9.17, 15) is 9.59 Å². The van der Waals surface area contributed by atoms with Crippen LogP contribution in [0.4, 0.5) is 0 Å². The molecule has 0 aromatic carbocycles. The summed E-state index contributed by atoms with van der Waals surface area (Å²) in [4.78, 5) is 21.3. The molecule has 4 nitrogen and oxygen atoms in total. The van der Waals surface area contributed by atoms with Crippen LogP contribution < -0.4 is 0 Å². The van der Waals surface area contributed by atoms with E-state index in [1.165, 1.54) is 30.6 Å². The standard InChI is InChI=1S/2C12H20O2/c1-10(2)6-5-7-11(3)8-9-14-12(4)13;1-6-12(5,14-11(4)13)9-7-8-10(2)3/h6,8H,5,7,9H2,1-4H3;6,8H,1,7,9H2,2-5H3/b11-8+;. The fourth-order valence-electron chi connectivity index (χ4n) is 2.16. The molecule has 0 saturated heterocycles. The molecule has 0 aliphatic rings. The van der Waals surface area contributed by atoms with Crippen molar-refractivity contribution < 1.29 is 19.1 Å². The highest BCUT2D eigenvalue weighted by Crippen LogP contribution is 2.20. The van der Waals surface area contributed by atoms with Crippen molar-refractivity contribution in [3.8, 4) is 0 Å². The van der Waals surface area contributed by atoms with E-state index in [1.807, 2.05) is 13.0 Å². The number of hydrogen-bond donors (Lipinski definition) is 0. The first kappa shape index (κ1) is 28.1. The van der Waals surface area contributed by atoms with E-state index in [0.29, 0.717) is 6.61 Å². The highest BCUT2D eigenvalue weighted by atomic mass is 16.6. The van der Waals surface area contributed by atoms with Crippen LogP contribution in [0.25, 0.3) is 0 Å². The Hall–Kier alpha value is -2.10. The maximum atomic E-state index is 10.8. The molecule has 0 radical (unpaired) electrons. The first-order chi connectivity index (χ1) is 12.9. The summed E-state index contributed by atoms with van der Waals surface area (Å²) in [5, 5.41) is 0. The van der Waals surface area contributed by atoms with Crippen molar-refractivity contribution in [3.05, 3.63) is 47.6 Å². The van der Waals surface area contributed by atoms with Crippen molar-refractivity contribution in [3.63, 3.8) is 0 Å². The van der Waals surface area contributed by atoms with Gasteiger partial charge in [-0.25, -0.2) is 0 Å². The predicted molar refractivity (Wildman–Crippen MR) is 118 cm³/mol. The van der Waals surface area contributed by atoms with E-state index in [1.54, 1.807) is 6.08 Å². The lowest BCUT2D eigenvalue weighted by Crippen LogP contribution is -2.27. The van der Waals surface area contributed by atoms with Gasteiger partial charge in [0.1, 0.15) is 12.2 Å². The molecule has 0 bridgehead atoms. The van der Waals surface area contributed by atoms with Gasteiger partial charge in [0.15, 0.2) is 0 Å². The normalized spacial score (nSPS) is 12.5. The second-order valence-corrected chi connectivity index (χ2v) is 7.60. The Bertz CT molecular complexity index is 573. The van der Waals surface area contributed by atoms with Crippen molar-refractivity contribution >= 4 is 11.9 Å². The summed E-state index contributed by atoms with van der Waals surface area (Å²) in [5.41, 5.74) is 3.36. The van der Waals surface area contributed by atoms with Crippen LogP contribution in [0.5, 0.6) is 0 Å². The third-order valence-corrected chi connectivity index (χ3v) is 3.81. The second kappa shape index (κ2) is 15.9. The average Bonchev–Trinajstić information content (AvgIpc) is 2.53. The van der Waals surface area contributed by atoms with E-state index in [0.717, 1.165) is 25.7 Å². The summed E-state index contributed by atoms with van der Waals surface area (Å²) in [6, 6.07) is 0. The summed E-state index contributed by atoms with van der Waals surface area (Å²) < 4.78 is 9.99. The van der Waals surface area contributed by atoms with Crippen LogP contribution in [0.3, 0.4) is 0 Å². The number of hydrogen-bond acceptors (Lipinski definition) is 4. The molecule has 0 fully saturated rings. The van der Waals surface area contributed by atoms with Gasteiger partial charge in [-0.3, -0.25) is 9.59 Å². The van der Waals surface area contributed by atoms with Crippen LogP contribution in [-0.4, -0.2) is 24.1 Å². The van der Waals surface area contributed by atoms with E-state index in [-0.39, 0.29) is 11.9 Å². The molecule has 0 aliphatic heterocycles. The minimum atomic E-state index is -0.530. The summed E-state index contributed by atoms with van der Waals surface area (Å²) in [7, 11) is 0. The van der Waals surface area contributed by atoms with Crippen molar-refractivity contribution in [1.82, 2.24) is 0 Å². The number of ether oxygens (including phenoxy) is 2. The Balaban J connectivity index is 0. The van der Waals surface area contributed by atoms with Crippen LogP contribution in [-0.2, 0) is 19.1 Å². The zero-order valence-electron chi connectivity index (χ0n) is 19.2. The lowest BCUT2D eigenvalue weighted by Gasteiger charge is -2.24. The molecular weight excluding hydrogens is 352 g/mol. The molecule has 0 aromatic heterocycles. The molecular formula is C24H40O4. The minimum Gasteiger partial charge on any atom is -0.462 e. The summed E-state index contributed by atoms with van der Waals surface area (Å²) in [6.07, 6.45) is 11.8. The van der Waals surface area contributed by atoms with Crippen molar-refractivity contribution in [1.29, 1.82) is 0 Å². The molecule has 1 unspecified atom stereocenters. The lowest BCUT2D eigenvalue weighted by molar-refractivity contribution is -0.151. The maximum Gasteiger partial charge on any atom is 0.303 e.